The van der Waals surface area contributed by atoms with Crippen LogP contribution < -0.4 is 9.62 Å². The Morgan fingerprint density at radius 3 is 2.22 bits per heavy atom. The van der Waals surface area contributed by atoms with E-state index >= 15 is 0 Å². The van der Waals surface area contributed by atoms with E-state index < -0.39 is 10.0 Å². The molecule has 1 atom stereocenters. The summed E-state index contributed by atoms with van der Waals surface area (Å²) in [5.74, 6) is 0. The third kappa shape index (κ3) is 5.21. The third-order valence-corrected chi connectivity index (χ3v) is 6.46. The molecule has 27 heavy (non-hydrogen) atoms. The predicted molar refractivity (Wildman–Crippen MR) is 115 cm³/mol. The van der Waals surface area contributed by atoms with Crippen LogP contribution in [0.15, 0.2) is 41.3 Å². The molecular formula is C21H34N3O2S+. The minimum absolute atomic E-state index is 0.158. The molecule has 0 radical (unpaired) electrons. The second-order valence-corrected chi connectivity index (χ2v) is 9.95. The number of benzene rings is 2. The third-order valence-electron chi connectivity index (χ3n) is 4.94. The lowest BCUT2D eigenvalue weighted by Gasteiger charge is -2.34. The minimum Gasteiger partial charge on any atom is -0.377 e. The van der Waals surface area contributed by atoms with Crippen molar-refractivity contribution in [2.24, 2.45) is 0 Å². The molecule has 0 aliphatic heterocycles. The molecule has 150 valence electrons. The summed E-state index contributed by atoms with van der Waals surface area (Å²) < 4.78 is 30.1. The zero-order valence-electron chi connectivity index (χ0n) is 17.5. The topological polar surface area (TPSA) is 49.4 Å². The Labute approximate surface area is 164 Å². The Morgan fingerprint density at radius 2 is 1.63 bits per heavy atom. The van der Waals surface area contributed by atoms with E-state index in [0.29, 0.717) is 9.38 Å². The van der Waals surface area contributed by atoms with Gasteiger partial charge in [0.05, 0.1) is 26.0 Å². The average Bonchev–Trinajstić information content (AvgIpc) is 2.58. The molecule has 2 aromatic carbocycles. The van der Waals surface area contributed by atoms with Crippen LogP contribution in [0, 0.1) is 0 Å². The zero-order chi connectivity index (χ0) is 20.2. The number of hydrogen-bond donors (Lipinski definition) is 1. The molecule has 2 rings (SSSR count). The number of rotatable bonds is 9. The summed E-state index contributed by atoms with van der Waals surface area (Å²) in [7, 11) is 6.40. The maximum absolute atomic E-state index is 13.3. The lowest BCUT2D eigenvalue weighted by atomic mass is 10.1. The number of quaternary nitrogens is 1. The molecule has 6 heteroatoms. The van der Waals surface area contributed by atoms with Crippen molar-refractivity contribution in [3.05, 3.63) is 36.4 Å². The van der Waals surface area contributed by atoms with Crippen molar-refractivity contribution in [1.82, 2.24) is 4.72 Å². The normalized spacial score (nSPS) is 13.7. The van der Waals surface area contributed by atoms with Crippen LogP contribution in [-0.4, -0.2) is 54.3 Å². The van der Waals surface area contributed by atoms with E-state index in [1.54, 1.807) is 6.07 Å². The maximum atomic E-state index is 13.3. The first kappa shape index (κ1) is 21.7. The fourth-order valence-corrected chi connectivity index (χ4v) is 4.97. The molecule has 0 spiro atoms. The fourth-order valence-electron chi connectivity index (χ4n) is 3.32. The van der Waals surface area contributed by atoms with E-state index in [1.807, 2.05) is 70.5 Å². The quantitative estimate of drug-likeness (QED) is 0.401. The van der Waals surface area contributed by atoms with E-state index in [4.69, 9.17) is 0 Å². The van der Waals surface area contributed by atoms with E-state index in [0.717, 1.165) is 42.1 Å². The predicted octanol–water partition coefficient (Wildman–Crippen LogP) is 3.80. The smallest absolute Gasteiger partial charge is 0.245 e. The SMILES string of the molecule is CCCCCC(NS(=O)(=O)c1cccc2c(N(C)C)cccc12)[N+](C)(C)C. The summed E-state index contributed by atoms with van der Waals surface area (Å²) >= 11 is 0. The summed E-state index contributed by atoms with van der Waals surface area (Å²) in [6, 6.07) is 11.3. The van der Waals surface area contributed by atoms with Gasteiger partial charge in [-0.05, 0) is 18.6 Å². The molecule has 0 heterocycles. The van der Waals surface area contributed by atoms with E-state index in [2.05, 4.69) is 11.6 Å². The van der Waals surface area contributed by atoms with Gasteiger partial charge in [0.2, 0.25) is 10.0 Å². The average molecular weight is 393 g/mol. The molecule has 0 fully saturated rings. The van der Waals surface area contributed by atoms with Crippen molar-refractivity contribution in [2.75, 3.05) is 40.1 Å². The van der Waals surface area contributed by atoms with Crippen molar-refractivity contribution < 1.29 is 12.9 Å². The lowest BCUT2D eigenvalue weighted by Crippen LogP contribution is -2.55. The van der Waals surface area contributed by atoms with Gasteiger partial charge in [0.1, 0.15) is 0 Å². The van der Waals surface area contributed by atoms with Crippen LogP contribution in [0.2, 0.25) is 0 Å². The van der Waals surface area contributed by atoms with Gasteiger partial charge in [-0.1, -0.05) is 44.0 Å². The number of anilines is 1. The first-order valence-electron chi connectivity index (χ1n) is 9.60. The molecule has 5 nitrogen and oxygen atoms in total. The zero-order valence-corrected chi connectivity index (χ0v) is 18.3. The van der Waals surface area contributed by atoms with Crippen molar-refractivity contribution in [3.63, 3.8) is 0 Å². The molecule has 0 aromatic heterocycles. The highest BCUT2D eigenvalue weighted by molar-refractivity contribution is 7.89. The highest BCUT2D eigenvalue weighted by Crippen LogP contribution is 2.30. The van der Waals surface area contributed by atoms with Gasteiger partial charge in [0.15, 0.2) is 6.17 Å². The van der Waals surface area contributed by atoms with Crippen LogP contribution in [-0.2, 0) is 10.0 Å². The van der Waals surface area contributed by atoms with Crippen molar-refractivity contribution in [2.45, 2.75) is 43.7 Å². The summed E-state index contributed by atoms with van der Waals surface area (Å²) in [6.07, 6.45) is 3.91. The summed E-state index contributed by atoms with van der Waals surface area (Å²) in [5, 5.41) is 1.70. The van der Waals surface area contributed by atoms with Gasteiger partial charge in [0, 0.05) is 37.0 Å². The Hall–Kier alpha value is -1.63. The van der Waals surface area contributed by atoms with Gasteiger partial charge in [-0.2, -0.15) is 4.72 Å². The first-order chi connectivity index (χ1) is 12.6. The fraction of sp³-hybridized carbons (Fsp3) is 0.524. The van der Waals surface area contributed by atoms with E-state index in [-0.39, 0.29) is 6.17 Å². The summed E-state index contributed by atoms with van der Waals surface area (Å²) in [6.45, 7) is 2.16. The highest BCUT2D eigenvalue weighted by atomic mass is 32.2. The van der Waals surface area contributed by atoms with Crippen LogP contribution in [0.5, 0.6) is 0 Å². The van der Waals surface area contributed by atoms with Crippen LogP contribution in [0.3, 0.4) is 0 Å². The standard InChI is InChI=1S/C21H34N3O2S/c1-7-8-9-16-21(24(4,5)6)22-27(25,26)20-15-11-12-17-18(20)13-10-14-19(17)23(2)3/h10-15,21-22H,7-9,16H2,1-6H3/q+1. The molecule has 0 amide bonds. The molecule has 0 bridgehead atoms. The number of hydrogen-bond acceptors (Lipinski definition) is 3. The van der Waals surface area contributed by atoms with Crippen LogP contribution >= 0.6 is 0 Å². The Kier molecular flexibility index (Phi) is 6.89. The van der Waals surface area contributed by atoms with Crippen LogP contribution in [0.25, 0.3) is 10.8 Å². The second kappa shape index (κ2) is 8.59. The number of nitrogens with one attached hydrogen (secondary N) is 1. The second-order valence-electron chi connectivity index (χ2n) is 8.27. The van der Waals surface area contributed by atoms with Gasteiger partial charge in [-0.25, -0.2) is 8.42 Å². The van der Waals surface area contributed by atoms with Crippen LogP contribution in [0.4, 0.5) is 5.69 Å². The monoisotopic (exact) mass is 392 g/mol. The Morgan fingerprint density at radius 1 is 1.00 bits per heavy atom. The molecule has 0 aliphatic rings. The van der Waals surface area contributed by atoms with Gasteiger partial charge >= 0.3 is 0 Å². The molecule has 0 saturated carbocycles. The van der Waals surface area contributed by atoms with Crippen molar-refractivity contribution in [3.8, 4) is 0 Å². The van der Waals surface area contributed by atoms with Gasteiger partial charge < -0.3 is 9.38 Å². The van der Waals surface area contributed by atoms with E-state index in [1.165, 1.54) is 0 Å². The number of unbranched alkanes of at least 4 members (excludes halogenated alkanes) is 2. The van der Waals surface area contributed by atoms with E-state index in [9.17, 15) is 8.42 Å². The molecule has 0 aliphatic carbocycles. The highest BCUT2D eigenvalue weighted by Gasteiger charge is 2.30. The van der Waals surface area contributed by atoms with Gasteiger partial charge in [0.25, 0.3) is 0 Å². The molecular weight excluding hydrogens is 358 g/mol. The number of nitrogens with zero attached hydrogens (tertiary/aromatic N) is 2. The summed E-state index contributed by atoms with van der Waals surface area (Å²) in [4.78, 5) is 2.35. The first-order valence-corrected chi connectivity index (χ1v) is 11.1. The van der Waals surface area contributed by atoms with Gasteiger partial charge in [-0.15, -0.1) is 0 Å². The molecule has 2 aromatic rings. The summed E-state index contributed by atoms with van der Waals surface area (Å²) in [5.41, 5.74) is 1.01. The number of fused-ring (bicyclic) bond motifs is 1. The van der Waals surface area contributed by atoms with Crippen molar-refractivity contribution in [1.29, 1.82) is 0 Å². The van der Waals surface area contributed by atoms with Gasteiger partial charge in [-0.3, -0.25) is 0 Å². The Balaban J connectivity index is 2.45. The lowest BCUT2D eigenvalue weighted by molar-refractivity contribution is -0.898. The molecule has 1 N–H and O–H groups in total. The largest absolute Gasteiger partial charge is 0.377 e. The molecule has 1 unspecified atom stereocenters. The van der Waals surface area contributed by atoms with Crippen LogP contribution in [0.1, 0.15) is 32.6 Å². The molecule has 0 saturated heterocycles. The maximum Gasteiger partial charge on any atom is 0.245 e. The van der Waals surface area contributed by atoms with Crippen molar-refractivity contribution >= 4 is 26.5 Å². The Bertz CT molecular complexity index is 871. The number of sulfonamides is 1. The minimum atomic E-state index is -3.63.